The van der Waals surface area contributed by atoms with Gasteiger partial charge in [-0.25, -0.2) is 4.68 Å². The molecule has 1 aromatic carbocycles. The molecule has 0 unspecified atom stereocenters. The maximum absolute atomic E-state index is 10.7. The molecule has 1 amide bonds. The SMILES string of the molecule is CC(=O)NCCc1cnn(-c2ccccc2)c1. The highest BCUT2D eigenvalue weighted by molar-refractivity contribution is 5.72. The van der Waals surface area contributed by atoms with Crippen LogP contribution in [-0.4, -0.2) is 22.2 Å². The van der Waals surface area contributed by atoms with Crippen LogP contribution in [0.4, 0.5) is 0 Å². The number of nitrogens with one attached hydrogen (secondary N) is 1. The molecule has 0 fully saturated rings. The molecule has 0 atom stereocenters. The van der Waals surface area contributed by atoms with Crippen molar-refractivity contribution in [2.75, 3.05) is 6.54 Å². The van der Waals surface area contributed by atoms with E-state index in [1.807, 2.05) is 47.4 Å². The van der Waals surface area contributed by atoms with E-state index in [4.69, 9.17) is 0 Å². The van der Waals surface area contributed by atoms with Crippen molar-refractivity contribution in [3.05, 3.63) is 48.3 Å². The molecule has 2 rings (SSSR count). The molecule has 4 heteroatoms. The average Bonchev–Trinajstić information content (AvgIpc) is 2.78. The first-order valence-electron chi connectivity index (χ1n) is 5.59. The summed E-state index contributed by atoms with van der Waals surface area (Å²) in [7, 11) is 0. The smallest absolute Gasteiger partial charge is 0.216 e. The molecular formula is C13H15N3O. The zero-order valence-electron chi connectivity index (χ0n) is 9.76. The molecule has 0 saturated carbocycles. The number of carbonyl (C=O) groups excluding carboxylic acids is 1. The van der Waals surface area contributed by atoms with Gasteiger partial charge in [-0.2, -0.15) is 5.10 Å². The molecule has 0 bridgehead atoms. The van der Waals surface area contributed by atoms with Crippen LogP contribution in [0.2, 0.25) is 0 Å². The average molecular weight is 229 g/mol. The second-order valence-corrected chi connectivity index (χ2v) is 3.86. The van der Waals surface area contributed by atoms with E-state index in [2.05, 4.69) is 10.4 Å². The van der Waals surface area contributed by atoms with Crippen LogP contribution in [0.15, 0.2) is 42.7 Å². The summed E-state index contributed by atoms with van der Waals surface area (Å²) in [4.78, 5) is 10.7. The van der Waals surface area contributed by atoms with E-state index in [9.17, 15) is 4.79 Å². The third-order valence-electron chi connectivity index (χ3n) is 2.44. The molecule has 1 N–H and O–H groups in total. The second kappa shape index (κ2) is 5.30. The van der Waals surface area contributed by atoms with Crippen molar-refractivity contribution in [1.29, 1.82) is 0 Å². The predicted octanol–water partition coefficient (Wildman–Crippen LogP) is 1.55. The Kier molecular flexibility index (Phi) is 3.55. The highest BCUT2D eigenvalue weighted by Gasteiger charge is 2.00. The summed E-state index contributed by atoms with van der Waals surface area (Å²) >= 11 is 0. The van der Waals surface area contributed by atoms with Crippen LogP contribution in [0.1, 0.15) is 12.5 Å². The van der Waals surface area contributed by atoms with Gasteiger partial charge in [0.2, 0.25) is 5.91 Å². The molecule has 0 aliphatic heterocycles. The minimum absolute atomic E-state index is 0.000418. The molecular weight excluding hydrogens is 214 g/mol. The Bertz CT molecular complexity index is 490. The van der Waals surface area contributed by atoms with E-state index in [1.54, 1.807) is 0 Å². The number of nitrogens with zero attached hydrogens (tertiary/aromatic N) is 2. The lowest BCUT2D eigenvalue weighted by Gasteiger charge is -2.00. The van der Waals surface area contributed by atoms with E-state index >= 15 is 0 Å². The second-order valence-electron chi connectivity index (χ2n) is 3.86. The topological polar surface area (TPSA) is 46.9 Å². The van der Waals surface area contributed by atoms with E-state index in [1.165, 1.54) is 6.92 Å². The van der Waals surface area contributed by atoms with Gasteiger partial charge in [0.15, 0.2) is 0 Å². The molecule has 1 heterocycles. The van der Waals surface area contributed by atoms with Crippen molar-refractivity contribution in [3.8, 4) is 5.69 Å². The van der Waals surface area contributed by atoms with E-state index in [-0.39, 0.29) is 5.91 Å². The Labute approximate surface area is 100 Å². The van der Waals surface area contributed by atoms with Gasteiger partial charge in [-0.15, -0.1) is 0 Å². The number of para-hydroxylation sites is 1. The first kappa shape index (κ1) is 11.4. The first-order chi connectivity index (χ1) is 8.25. The van der Waals surface area contributed by atoms with Crippen LogP contribution in [0, 0.1) is 0 Å². The number of hydrogen-bond acceptors (Lipinski definition) is 2. The zero-order chi connectivity index (χ0) is 12.1. The molecule has 0 spiro atoms. The maximum atomic E-state index is 10.7. The number of rotatable bonds is 4. The Hall–Kier alpha value is -2.10. The van der Waals surface area contributed by atoms with Crippen LogP contribution >= 0.6 is 0 Å². The van der Waals surface area contributed by atoms with Gasteiger partial charge in [-0.1, -0.05) is 18.2 Å². The molecule has 2 aromatic rings. The van der Waals surface area contributed by atoms with Gasteiger partial charge in [0.25, 0.3) is 0 Å². The Balaban J connectivity index is 1.99. The summed E-state index contributed by atoms with van der Waals surface area (Å²) in [6, 6.07) is 9.95. The Morgan fingerprint density at radius 2 is 2.12 bits per heavy atom. The molecule has 0 aliphatic carbocycles. The van der Waals surface area contributed by atoms with E-state index < -0.39 is 0 Å². The summed E-state index contributed by atoms with van der Waals surface area (Å²) in [6.45, 7) is 2.17. The minimum Gasteiger partial charge on any atom is -0.356 e. The Morgan fingerprint density at radius 1 is 1.35 bits per heavy atom. The van der Waals surface area contributed by atoms with Gasteiger partial charge < -0.3 is 5.32 Å². The lowest BCUT2D eigenvalue weighted by atomic mass is 10.2. The first-order valence-corrected chi connectivity index (χ1v) is 5.59. The number of amides is 1. The van der Waals surface area contributed by atoms with Crippen LogP contribution in [-0.2, 0) is 11.2 Å². The van der Waals surface area contributed by atoms with Gasteiger partial charge in [0, 0.05) is 19.7 Å². The fourth-order valence-electron chi connectivity index (χ4n) is 1.59. The summed E-state index contributed by atoms with van der Waals surface area (Å²) in [5.41, 5.74) is 2.15. The summed E-state index contributed by atoms with van der Waals surface area (Å²) < 4.78 is 1.84. The van der Waals surface area contributed by atoms with E-state index in [0.717, 1.165) is 17.7 Å². The number of hydrogen-bond donors (Lipinski definition) is 1. The standard InChI is InChI=1S/C13H15N3O/c1-11(17)14-8-7-12-9-15-16(10-12)13-5-3-2-4-6-13/h2-6,9-10H,7-8H2,1H3,(H,14,17). The van der Waals surface area contributed by atoms with E-state index in [0.29, 0.717) is 6.54 Å². The van der Waals surface area contributed by atoms with Gasteiger partial charge in [-0.05, 0) is 24.1 Å². The number of benzene rings is 1. The number of aromatic nitrogens is 2. The third-order valence-corrected chi connectivity index (χ3v) is 2.44. The fraction of sp³-hybridized carbons (Fsp3) is 0.231. The van der Waals surface area contributed by atoms with Crippen LogP contribution in [0.3, 0.4) is 0 Å². The normalized spacial score (nSPS) is 10.2. The maximum Gasteiger partial charge on any atom is 0.216 e. The predicted molar refractivity (Wildman–Crippen MR) is 66.0 cm³/mol. The van der Waals surface area contributed by atoms with Gasteiger partial charge in [0.05, 0.1) is 11.9 Å². The largest absolute Gasteiger partial charge is 0.356 e. The minimum atomic E-state index is 0.000418. The summed E-state index contributed by atoms with van der Waals surface area (Å²) in [5, 5.41) is 7.06. The van der Waals surface area contributed by atoms with Gasteiger partial charge in [-0.3, -0.25) is 4.79 Å². The van der Waals surface area contributed by atoms with Crippen LogP contribution < -0.4 is 5.32 Å². The third kappa shape index (κ3) is 3.17. The van der Waals surface area contributed by atoms with Crippen molar-refractivity contribution >= 4 is 5.91 Å². The molecule has 0 radical (unpaired) electrons. The van der Waals surface area contributed by atoms with Crippen molar-refractivity contribution in [1.82, 2.24) is 15.1 Å². The monoisotopic (exact) mass is 229 g/mol. The van der Waals surface area contributed by atoms with Crippen molar-refractivity contribution < 1.29 is 4.79 Å². The lowest BCUT2D eigenvalue weighted by molar-refractivity contribution is -0.118. The number of carbonyl (C=O) groups is 1. The highest BCUT2D eigenvalue weighted by atomic mass is 16.1. The van der Waals surface area contributed by atoms with Crippen LogP contribution in [0.25, 0.3) is 5.69 Å². The van der Waals surface area contributed by atoms with Crippen molar-refractivity contribution in [2.24, 2.45) is 0 Å². The zero-order valence-corrected chi connectivity index (χ0v) is 9.76. The quantitative estimate of drug-likeness (QED) is 0.864. The molecule has 0 aliphatic rings. The Morgan fingerprint density at radius 3 is 2.82 bits per heavy atom. The molecule has 0 saturated heterocycles. The highest BCUT2D eigenvalue weighted by Crippen LogP contribution is 2.07. The molecule has 1 aromatic heterocycles. The van der Waals surface area contributed by atoms with Crippen molar-refractivity contribution in [2.45, 2.75) is 13.3 Å². The molecule has 4 nitrogen and oxygen atoms in total. The van der Waals surface area contributed by atoms with Gasteiger partial charge in [0.1, 0.15) is 0 Å². The molecule has 17 heavy (non-hydrogen) atoms. The molecule has 88 valence electrons. The lowest BCUT2D eigenvalue weighted by Crippen LogP contribution is -2.22. The fourth-order valence-corrected chi connectivity index (χ4v) is 1.59. The summed E-state index contributed by atoms with van der Waals surface area (Å²) in [5.74, 6) is 0.000418. The summed E-state index contributed by atoms with van der Waals surface area (Å²) in [6.07, 6.45) is 4.61. The van der Waals surface area contributed by atoms with Crippen molar-refractivity contribution in [3.63, 3.8) is 0 Å². The van der Waals surface area contributed by atoms with Gasteiger partial charge >= 0.3 is 0 Å². The van der Waals surface area contributed by atoms with Crippen LogP contribution in [0.5, 0.6) is 0 Å².